The maximum absolute atomic E-state index is 8.67. The summed E-state index contributed by atoms with van der Waals surface area (Å²) < 4.78 is 0. The molecule has 3 rings (SSSR count). The summed E-state index contributed by atoms with van der Waals surface area (Å²) in [6.07, 6.45) is 7.29. The molecule has 0 radical (unpaired) electrons. The number of rotatable bonds is 2. The number of nitrogens with zero attached hydrogens (tertiary/aromatic N) is 2. The van der Waals surface area contributed by atoms with Crippen molar-refractivity contribution in [2.45, 2.75) is 31.7 Å². The molecule has 3 nitrogen and oxygen atoms in total. The standard InChI is InChI=1S/C13H15N3/c14-7-11-3-4-12(8-15-11)16-13-6-9-1-2-10(13)5-9/h3-4,8-10,13,16H,1-2,5-6H2. The van der Waals surface area contributed by atoms with Crippen LogP contribution in [-0.2, 0) is 0 Å². The summed E-state index contributed by atoms with van der Waals surface area (Å²) in [5, 5.41) is 12.2. The third kappa shape index (κ3) is 1.65. The summed E-state index contributed by atoms with van der Waals surface area (Å²) in [5.41, 5.74) is 1.54. The van der Waals surface area contributed by atoms with Crippen LogP contribution < -0.4 is 5.32 Å². The topological polar surface area (TPSA) is 48.7 Å². The van der Waals surface area contributed by atoms with Gasteiger partial charge < -0.3 is 5.32 Å². The second-order valence-electron chi connectivity index (χ2n) is 4.97. The summed E-state index contributed by atoms with van der Waals surface area (Å²) in [7, 11) is 0. The second-order valence-corrected chi connectivity index (χ2v) is 4.97. The quantitative estimate of drug-likeness (QED) is 0.821. The van der Waals surface area contributed by atoms with Gasteiger partial charge in [0.2, 0.25) is 0 Å². The Morgan fingerprint density at radius 1 is 1.31 bits per heavy atom. The molecule has 2 aliphatic rings. The van der Waals surface area contributed by atoms with Crippen LogP contribution in [0.2, 0.25) is 0 Å². The molecule has 0 aromatic carbocycles. The first-order chi connectivity index (χ1) is 7.85. The van der Waals surface area contributed by atoms with Gasteiger partial charge >= 0.3 is 0 Å². The van der Waals surface area contributed by atoms with Gasteiger partial charge in [0.25, 0.3) is 0 Å². The van der Waals surface area contributed by atoms with Crippen LogP contribution in [0.4, 0.5) is 5.69 Å². The zero-order chi connectivity index (χ0) is 11.0. The van der Waals surface area contributed by atoms with Crippen molar-refractivity contribution in [3.8, 4) is 6.07 Å². The summed E-state index contributed by atoms with van der Waals surface area (Å²) >= 11 is 0. The highest BCUT2D eigenvalue weighted by Crippen LogP contribution is 2.45. The molecule has 1 heterocycles. The molecule has 1 N–H and O–H groups in total. The number of hydrogen-bond acceptors (Lipinski definition) is 3. The molecule has 0 spiro atoms. The van der Waals surface area contributed by atoms with Crippen LogP contribution in [-0.4, -0.2) is 11.0 Å². The summed E-state index contributed by atoms with van der Waals surface area (Å²) in [4.78, 5) is 4.08. The molecule has 16 heavy (non-hydrogen) atoms. The normalized spacial score (nSPS) is 31.3. The molecule has 2 aliphatic carbocycles. The van der Waals surface area contributed by atoms with Crippen molar-refractivity contribution in [1.29, 1.82) is 5.26 Å². The number of aromatic nitrogens is 1. The smallest absolute Gasteiger partial charge is 0.140 e. The van der Waals surface area contributed by atoms with Gasteiger partial charge in [-0.1, -0.05) is 6.42 Å². The molecular formula is C13H15N3. The van der Waals surface area contributed by atoms with E-state index in [9.17, 15) is 0 Å². The minimum Gasteiger partial charge on any atom is -0.381 e. The fraction of sp³-hybridized carbons (Fsp3) is 0.538. The van der Waals surface area contributed by atoms with E-state index >= 15 is 0 Å². The van der Waals surface area contributed by atoms with Gasteiger partial charge in [-0.2, -0.15) is 5.26 Å². The van der Waals surface area contributed by atoms with E-state index in [2.05, 4.69) is 10.3 Å². The predicted octanol–water partition coefficient (Wildman–Crippen LogP) is 2.55. The third-order valence-electron chi connectivity index (χ3n) is 3.97. The average Bonchev–Trinajstić information content (AvgIpc) is 2.92. The minimum absolute atomic E-state index is 0.485. The van der Waals surface area contributed by atoms with Gasteiger partial charge in [-0.05, 0) is 43.2 Å². The molecule has 82 valence electrons. The summed E-state index contributed by atoms with van der Waals surface area (Å²) in [6, 6.07) is 6.40. The molecule has 0 aliphatic heterocycles. The van der Waals surface area contributed by atoms with E-state index < -0.39 is 0 Å². The lowest BCUT2D eigenvalue weighted by atomic mass is 9.95. The molecule has 3 unspecified atom stereocenters. The molecule has 3 atom stereocenters. The number of anilines is 1. The van der Waals surface area contributed by atoms with E-state index in [1.54, 1.807) is 12.3 Å². The molecule has 0 amide bonds. The largest absolute Gasteiger partial charge is 0.381 e. The van der Waals surface area contributed by atoms with E-state index in [0.29, 0.717) is 11.7 Å². The average molecular weight is 213 g/mol. The monoisotopic (exact) mass is 213 g/mol. The van der Waals surface area contributed by atoms with Gasteiger partial charge in [0.05, 0.1) is 11.9 Å². The zero-order valence-corrected chi connectivity index (χ0v) is 9.19. The van der Waals surface area contributed by atoms with Crippen LogP contribution in [0.25, 0.3) is 0 Å². The molecule has 3 heteroatoms. The van der Waals surface area contributed by atoms with E-state index in [0.717, 1.165) is 17.5 Å². The molecule has 0 saturated heterocycles. The van der Waals surface area contributed by atoms with Crippen molar-refractivity contribution in [2.24, 2.45) is 11.8 Å². The second kappa shape index (κ2) is 3.79. The number of nitrogens with one attached hydrogen (secondary N) is 1. The zero-order valence-electron chi connectivity index (χ0n) is 9.19. The Balaban J connectivity index is 1.68. The predicted molar refractivity (Wildman–Crippen MR) is 61.8 cm³/mol. The van der Waals surface area contributed by atoms with Crippen LogP contribution in [0.3, 0.4) is 0 Å². The van der Waals surface area contributed by atoms with Crippen LogP contribution in [0, 0.1) is 23.2 Å². The first-order valence-electron chi connectivity index (χ1n) is 5.98. The lowest BCUT2D eigenvalue weighted by Gasteiger charge is -2.23. The maximum atomic E-state index is 8.67. The van der Waals surface area contributed by atoms with Gasteiger partial charge in [0.15, 0.2) is 0 Å². The molecule has 2 fully saturated rings. The number of fused-ring (bicyclic) bond motifs is 2. The Kier molecular flexibility index (Phi) is 2.28. The van der Waals surface area contributed by atoms with Gasteiger partial charge in [-0.3, -0.25) is 0 Å². The number of pyridine rings is 1. The summed E-state index contributed by atoms with van der Waals surface area (Å²) in [5.74, 6) is 1.81. The highest BCUT2D eigenvalue weighted by atomic mass is 15.0. The van der Waals surface area contributed by atoms with Crippen molar-refractivity contribution in [1.82, 2.24) is 4.98 Å². The van der Waals surface area contributed by atoms with E-state index in [1.165, 1.54) is 25.7 Å². The minimum atomic E-state index is 0.485. The highest BCUT2D eigenvalue weighted by molar-refractivity contribution is 5.44. The summed E-state index contributed by atoms with van der Waals surface area (Å²) in [6.45, 7) is 0. The molecular weight excluding hydrogens is 198 g/mol. The highest BCUT2D eigenvalue weighted by Gasteiger charge is 2.39. The lowest BCUT2D eigenvalue weighted by molar-refractivity contribution is 0.439. The van der Waals surface area contributed by atoms with Crippen molar-refractivity contribution in [3.63, 3.8) is 0 Å². The van der Waals surface area contributed by atoms with Crippen LogP contribution >= 0.6 is 0 Å². The Hall–Kier alpha value is -1.56. The fourth-order valence-corrected chi connectivity index (χ4v) is 3.18. The van der Waals surface area contributed by atoms with Crippen LogP contribution in [0.5, 0.6) is 0 Å². The molecule has 1 aromatic heterocycles. The van der Waals surface area contributed by atoms with E-state index in [4.69, 9.17) is 5.26 Å². The third-order valence-corrected chi connectivity index (χ3v) is 3.97. The van der Waals surface area contributed by atoms with E-state index in [1.807, 2.05) is 12.1 Å². The van der Waals surface area contributed by atoms with Crippen molar-refractivity contribution >= 4 is 5.69 Å². The van der Waals surface area contributed by atoms with Gasteiger partial charge in [-0.15, -0.1) is 0 Å². The van der Waals surface area contributed by atoms with Gasteiger partial charge in [0.1, 0.15) is 11.8 Å². The van der Waals surface area contributed by atoms with Crippen molar-refractivity contribution < 1.29 is 0 Å². The Morgan fingerprint density at radius 2 is 2.25 bits per heavy atom. The van der Waals surface area contributed by atoms with Gasteiger partial charge in [-0.25, -0.2) is 4.98 Å². The lowest BCUT2D eigenvalue weighted by Crippen LogP contribution is -2.25. The Bertz CT molecular complexity index is 418. The molecule has 1 aromatic rings. The maximum Gasteiger partial charge on any atom is 0.140 e. The first kappa shape index (κ1) is 9.65. The van der Waals surface area contributed by atoms with Gasteiger partial charge in [0, 0.05) is 6.04 Å². The molecule has 2 bridgehead atoms. The van der Waals surface area contributed by atoms with Crippen molar-refractivity contribution in [2.75, 3.05) is 5.32 Å². The molecule has 2 saturated carbocycles. The number of hydrogen-bond donors (Lipinski definition) is 1. The Labute approximate surface area is 95.5 Å². The van der Waals surface area contributed by atoms with Crippen LogP contribution in [0.1, 0.15) is 31.4 Å². The fourth-order valence-electron chi connectivity index (χ4n) is 3.18. The van der Waals surface area contributed by atoms with Crippen molar-refractivity contribution in [3.05, 3.63) is 24.0 Å². The van der Waals surface area contributed by atoms with Crippen LogP contribution in [0.15, 0.2) is 18.3 Å². The SMILES string of the molecule is N#Cc1ccc(NC2CC3CCC2C3)cn1. The number of nitriles is 1. The first-order valence-corrected chi connectivity index (χ1v) is 5.98. The van der Waals surface area contributed by atoms with E-state index in [-0.39, 0.29) is 0 Å². The Morgan fingerprint density at radius 3 is 2.81 bits per heavy atom.